The van der Waals surface area contributed by atoms with Crippen LogP contribution < -0.4 is 20.1 Å². The van der Waals surface area contributed by atoms with Gasteiger partial charge in [-0.3, -0.25) is 9.59 Å². The van der Waals surface area contributed by atoms with Gasteiger partial charge < -0.3 is 29.8 Å². The van der Waals surface area contributed by atoms with Gasteiger partial charge in [0.15, 0.2) is 0 Å². The smallest absolute Gasteiger partial charge is 0.326 e. The zero-order valence-corrected chi connectivity index (χ0v) is 25.0. The van der Waals surface area contributed by atoms with E-state index in [-0.39, 0.29) is 12.3 Å². The number of fused-ring (bicyclic) bond motifs is 5. The molecule has 3 N–H and O–H groups in total. The molecule has 1 fully saturated rings. The number of rotatable bonds is 8. The molecule has 4 aromatic rings. The molecule has 44 heavy (non-hydrogen) atoms. The summed E-state index contributed by atoms with van der Waals surface area (Å²) < 4.78 is 13.9. The fourth-order valence-electron chi connectivity index (χ4n) is 6.64. The van der Waals surface area contributed by atoms with Crippen molar-refractivity contribution in [2.75, 3.05) is 19.0 Å². The van der Waals surface area contributed by atoms with Gasteiger partial charge in [-0.25, -0.2) is 4.79 Å². The molecule has 1 atom stereocenters. The van der Waals surface area contributed by atoms with Gasteiger partial charge in [0.2, 0.25) is 5.91 Å². The summed E-state index contributed by atoms with van der Waals surface area (Å²) >= 11 is 0. The molecule has 0 spiro atoms. The average molecular weight is 596 g/mol. The van der Waals surface area contributed by atoms with E-state index >= 15 is 0 Å². The quantitative estimate of drug-likeness (QED) is 0.225. The van der Waals surface area contributed by atoms with E-state index in [4.69, 9.17) is 9.47 Å². The van der Waals surface area contributed by atoms with Crippen molar-refractivity contribution in [3.05, 3.63) is 77.4 Å². The van der Waals surface area contributed by atoms with Crippen LogP contribution in [0, 0.1) is 0 Å². The summed E-state index contributed by atoms with van der Waals surface area (Å²) in [5.74, 6) is 0.180. The monoisotopic (exact) mass is 595 g/mol. The molecule has 3 aromatic carbocycles. The minimum Gasteiger partial charge on any atom is -0.497 e. The molecule has 0 radical (unpaired) electrons. The number of methoxy groups -OCH3 is 1. The van der Waals surface area contributed by atoms with E-state index in [0.29, 0.717) is 30.3 Å². The van der Waals surface area contributed by atoms with Crippen LogP contribution >= 0.6 is 0 Å². The van der Waals surface area contributed by atoms with E-state index in [1.165, 1.54) is 31.7 Å². The Hall–Kier alpha value is -4.79. The zero-order chi connectivity index (χ0) is 30.8. The second-order valence-corrected chi connectivity index (χ2v) is 11.6. The highest BCUT2D eigenvalue weighted by atomic mass is 16.5. The first-order valence-corrected chi connectivity index (χ1v) is 15.2. The van der Waals surface area contributed by atoms with Crippen molar-refractivity contribution in [3.8, 4) is 22.8 Å². The molecule has 1 aromatic heterocycles. The van der Waals surface area contributed by atoms with Crippen LogP contribution in [0.3, 0.4) is 0 Å². The van der Waals surface area contributed by atoms with Gasteiger partial charge in [-0.15, -0.1) is 0 Å². The van der Waals surface area contributed by atoms with Crippen molar-refractivity contribution in [1.29, 1.82) is 0 Å². The number of carboxylic acid groups (broad SMARTS) is 1. The molecule has 0 saturated heterocycles. The maximum Gasteiger partial charge on any atom is 0.326 e. The van der Waals surface area contributed by atoms with Gasteiger partial charge in [0.25, 0.3) is 5.91 Å². The summed E-state index contributed by atoms with van der Waals surface area (Å²) in [4.78, 5) is 37.0. The lowest BCUT2D eigenvalue weighted by Crippen LogP contribution is -2.42. The van der Waals surface area contributed by atoms with Crippen molar-refractivity contribution in [2.45, 2.75) is 64.0 Å². The lowest BCUT2D eigenvalue weighted by atomic mass is 9.81. The molecule has 1 aliphatic heterocycles. The van der Waals surface area contributed by atoms with Crippen LogP contribution in [-0.2, 0) is 22.6 Å². The Balaban J connectivity index is 1.34. The molecule has 1 aliphatic carbocycles. The molecule has 0 bridgehead atoms. The number of aromatic nitrogens is 1. The first kappa shape index (κ1) is 29.3. The highest BCUT2D eigenvalue weighted by Gasteiger charge is 2.30. The largest absolute Gasteiger partial charge is 0.497 e. The molecule has 0 unspecified atom stereocenters. The standard InChI is InChI=1S/C35H37N3O6/c1-21(39)36-25-11-8-22(9-12-25)18-29(35(41)42)37-34(40)24-10-14-27-30(19-24)38-16-17-44-31-20-26(43-2)13-15-28(31)33(38)32(27)23-6-4-3-5-7-23/h8-15,19-20,23,29H,3-7,16-18H2,1-2H3,(H,36,39)(H,37,40)(H,41,42)/t29-/m0/s1. The molecule has 9 nitrogen and oxygen atoms in total. The van der Waals surface area contributed by atoms with Gasteiger partial charge in [-0.2, -0.15) is 0 Å². The third-order valence-corrected chi connectivity index (χ3v) is 8.71. The second-order valence-electron chi connectivity index (χ2n) is 11.6. The van der Waals surface area contributed by atoms with Crippen LogP contribution in [0.25, 0.3) is 22.2 Å². The van der Waals surface area contributed by atoms with Gasteiger partial charge >= 0.3 is 5.97 Å². The number of hydrogen-bond acceptors (Lipinski definition) is 5. The number of anilines is 1. The number of carboxylic acids is 1. The van der Waals surface area contributed by atoms with Crippen LogP contribution in [0.2, 0.25) is 0 Å². The van der Waals surface area contributed by atoms with Gasteiger partial charge in [0.05, 0.1) is 19.3 Å². The highest BCUT2D eigenvalue weighted by Crippen LogP contribution is 2.47. The van der Waals surface area contributed by atoms with Crippen molar-refractivity contribution in [3.63, 3.8) is 0 Å². The fourth-order valence-corrected chi connectivity index (χ4v) is 6.64. The van der Waals surface area contributed by atoms with Crippen LogP contribution in [0.5, 0.6) is 11.5 Å². The molecule has 6 rings (SSSR count). The first-order chi connectivity index (χ1) is 21.3. The number of hydrogen-bond donors (Lipinski definition) is 3. The lowest BCUT2D eigenvalue weighted by Gasteiger charge is -2.23. The number of benzene rings is 3. The topological polar surface area (TPSA) is 119 Å². The first-order valence-electron chi connectivity index (χ1n) is 15.2. The van der Waals surface area contributed by atoms with E-state index in [1.54, 1.807) is 37.4 Å². The molecule has 228 valence electrons. The maximum absolute atomic E-state index is 13.5. The Labute approximate surface area is 256 Å². The SMILES string of the molecule is COc1ccc2c(c1)OCCn1c-2c(C2CCCCC2)c2ccc(C(=O)N[C@@H](Cc3ccc(NC(C)=O)cc3)C(=O)O)cc21. The summed E-state index contributed by atoms with van der Waals surface area (Å²) in [6.45, 7) is 2.51. The third kappa shape index (κ3) is 5.86. The van der Waals surface area contributed by atoms with Gasteiger partial charge in [0.1, 0.15) is 24.1 Å². The minimum absolute atomic E-state index is 0.105. The predicted octanol–water partition coefficient (Wildman–Crippen LogP) is 6.14. The van der Waals surface area contributed by atoms with Crippen LogP contribution in [0.15, 0.2) is 60.7 Å². The summed E-state index contributed by atoms with van der Waals surface area (Å²) in [5.41, 5.74) is 6.14. The maximum atomic E-state index is 13.5. The zero-order valence-electron chi connectivity index (χ0n) is 25.0. The van der Waals surface area contributed by atoms with Gasteiger partial charge in [-0.05, 0) is 66.3 Å². The van der Waals surface area contributed by atoms with E-state index in [0.717, 1.165) is 52.1 Å². The predicted molar refractivity (Wildman–Crippen MR) is 169 cm³/mol. The Morgan fingerprint density at radius 3 is 2.50 bits per heavy atom. The average Bonchev–Trinajstić information content (AvgIpc) is 3.22. The second kappa shape index (κ2) is 12.4. The lowest BCUT2D eigenvalue weighted by molar-refractivity contribution is -0.139. The number of nitrogens with zero attached hydrogens (tertiary/aromatic N) is 1. The van der Waals surface area contributed by atoms with Crippen molar-refractivity contribution >= 4 is 34.4 Å². The number of aliphatic carboxylic acids is 1. The molecule has 2 amide bonds. The summed E-state index contributed by atoms with van der Waals surface area (Å²) in [5, 5.41) is 16.5. The number of amides is 2. The van der Waals surface area contributed by atoms with Crippen LogP contribution in [0.4, 0.5) is 5.69 Å². The number of ether oxygens (including phenoxy) is 2. The van der Waals surface area contributed by atoms with Crippen LogP contribution in [0.1, 0.15) is 66.4 Å². The third-order valence-electron chi connectivity index (χ3n) is 8.71. The summed E-state index contributed by atoms with van der Waals surface area (Å²) in [7, 11) is 1.65. The fraction of sp³-hybridized carbons (Fsp3) is 0.343. The molecule has 1 saturated carbocycles. The molecular weight excluding hydrogens is 558 g/mol. The highest BCUT2D eigenvalue weighted by molar-refractivity contribution is 6.02. The molecular formula is C35H37N3O6. The number of nitrogens with one attached hydrogen (secondary N) is 2. The van der Waals surface area contributed by atoms with Crippen LogP contribution in [-0.4, -0.2) is 47.2 Å². The van der Waals surface area contributed by atoms with Crippen molar-refractivity contribution in [1.82, 2.24) is 9.88 Å². The van der Waals surface area contributed by atoms with Gasteiger partial charge in [-0.1, -0.05) is 37.5 Å². The van der Waals surface area contributed by atoms with Crippen molar-refractivity contribution < 1.29 is 29.0 Å². The normalized spacial score (nSPS) is 15.3. The summed E-state index contributed by atoms with van der Waals surface area (Å²) in [6.07, 6.45) is 5.97. The van der Waals surface area contributed by atoms with E-state index in [1.807, 2.05) is 24.3 Å². The Morgan fingerprint density at radius 2 is 1.80 bits per heavy atom. The number of carbonyl (C=O) groups is 3. The van der Waals surface area contributed by atoms with Crippen molar-refractivity contribution in [2.24, 2.45) is 0 Å². The van der Waals surface area contributed by atoms with Gasteiger partial charge in [0, 0.05) is 47.1 Å². The number of carbonyl (C=O) groups excluding carboxylic acids is 2. The Bertz CT molecular complexity index is 1720. The van der Waals surface area contributed by atoms with E-state index < -0.39 is 17.9 Å². The Morgan fingerprint density at radius 1 is 1.02 bits per heavy atom. The van der Waals surface area contributed by atoms with E-state index in [2.05, 4.69) is 21.3 Å². The summed E-state index contributed by atoms with van der Waals surface area (Å²) in [6, 6.07) is 17.5. The molecule has 9 heteroatoms. The Kier molecular flexibility index (Phi) is 8.28. The minimum atomic E-state index is -1.12. The van der Waals surface area contributed by atoms with E-state index in [9.17, 15) is 19.5 Å². The molecule has 2 aliphatic rings. The molecule has 2 heterocycles.